The van der Waals surface area contributed by atoms with Gasteiger partial charge in [-0.15, -0.1) is 0 Å². The van der Waals surface area contributed by atoms with Gasteiger partial charge in [0.1, 0.15) is 0 Å². The van der Waals surface area contributed by atoms with Crippen molar-refractivity contribution in [1.29, 1.82) is 0 Å². The van der Waals surface area contributed by atoms with Crippen LogP contribution in [0.5, 0.6) is 0 Å². The van der Waals surface area contributed by atoms with Crippen molar-refractivity contribution in [2.24, 2.45) is 5.92 Å². The van der Waals surface area contributed by atoms with Crippen LogP contribution in [0.3, 0.4) is 0 Å². The van der Waals surface area contributed by atoms with Crippen LogP contribution >= 0.6 is 0 Å². The second-order valence-corrected chi connectivity index (χ2v) is 8.05. The molecule has 0 saturated heterocycles. The number of hydrogen-bond donors (Lipinski definition) is 1. The number of likely N-dealkylation sites (N-methyl/N-ethyl adjacent to an activating group) is 1. The molecule has 0 bridgehead atoms. The van der Waals surface area contributed by atoms with Crippen molar-refractivity contribution < 1.29 is 4.79 Å². The average molecular weight is 352 g/mol. The molecule has 138 valence electrons. The highest BCUT2D eigenvalue weighted by Gasteiger charge is 2.37. The van der Waals surface area contributed by atoms with Crippen LogP contribution in [-0.4, -0.2) is 65.6 Å². The molecule has 1 N–H and O–H groups in total. The largest absolute Gasteiger partial charge is 0.361 e. The molecule has 2 atom stereocenters. The van der Waals surface area contributed by atoms with Gasteiger partial charge in [-0.25, -0.2) is 5.01 Å². The predicted molar refractivity (Wildman–Crippen MR) is 106 cm³/mol. The van der Waals surface area contributed by atoms with Gasteiger partial charge in [0.15, 0.2) is 0 Å². The number of fused-ring (bicyclic) bond motifs is 2. The summed E-state index contributed by atoms with van der Waals surface area (Å²) in [6.07, 6.45) is 5.38. The van der Waals surface area contributed by atoms with Gasteiger partial charge in [0, 0.05) is 49.8 Å². The van der Waals surface area contributed by atoms with Crippen LogP contribution in [-0.2, 0) is 11.2 Å². The molecule has 0 spiro atoms. The Labute approximate surface area is 155 Å². The first-order chi connectivity index (χ1) is 12.4. The van der Waals surface area contributed by atoms with Crippen LogP contribution in [0.1, 0.15) is 25.0 Å². The minimum absolute atomic E-state index is 0.119. The molecule has 1 amide bonds. The molecular weight excluding hydrogens is 324 g/mol. The van der Waals surface area contributed by atoms with Crippen LogP contribution in [0.25, 0.3) is 16.5 Å². The average Bonchev–Trinajstić information content (AvgIpc) is 2.99. The third kappa shape index (κ3) is 2.58. The molecule has 2 heterocycles. The minimum Gasteiger partial charge on any atom is -0.361 e. The molecular formula is C21H28N4O. The zero-order valence-electron chi connectivity index (χ0n) is 16.3. The van der Waals surface area contributed by atoms with Gasteiger partial charge >= 0.3 is 0 Å². The lowest BCUT2D eigenvalue weighted by molar-refractivity contribution is -0.152. The monoisotopic (exact) mass is 352 g/mol. The fraction of sp³-hybridized carbons (Fsp3) is 0.476. The standard InChI is InChI=1S/C21H28N4O/c1-13(2)25(23(3)4)21(26)15-9-17-16-7-6-8-18-20(16)14(11-22-18)10-19(17)24(5)12-15/h6-9,11,13,15,19,22H,10,12H2,1-5H3. The lowest BCUT2D eigenvalue weighted by Gasteiger charge is -2.42. The van der Waals surface area contributed by atoms with E-state index in [-0.39, 0.29) is 17.9 Å². The molecule has 2 aliphatic rings. The van der Waals surface area contributed by atoms with Gasteiger partial charge in [0.05, 0.1) is 5.92 Å². The SMILES string of the molecule is CC(C)N(C(=O)C1C=C2c3cccc4[nH]cc(c34)CC2N(C)C1)N(C)C. The molecule has 0 radical (unpaired) electrons. The summed E-state index contributed by atoms with van der Waals surface area (Å²) in [7, 11) is 6.02. The quantitative estimate of drug-likeness (QED) is 0.864. The Morgan fingerprint density at radius 2 is 2.08 bits per heavy atom. The van der Waals surface area contributed by atoms with E-state index in [1.54, 1.807) is 0 Å². The van der Waals surface area contributed by atoms with Crippen molar-refractivity contribution in [3.63, 3.8) is 0 Å². The molecule has 1 aromatic carbocycles. The molecule has 0 saturated carbocycles. The maximum atomic E-state index is 13.2. The molecule has 4 rings (SSSR count). The third-order valence-corrected chi connectivity index (χ3v) is 5.73. The van der Waals surface area contributed by atoms with E-state index in [1.807, 2.05) is 24.1 Å². The first-order valence-electron chi connectivity index (χ1n) is 9.40. The Bertz CT molecular complexity index is 871. The summed E-state index contributed by atoms with van der Waals surface area (Å²) in [5, 5.41) is 5.09. The van der Waals surface area contributed by atoms with Crippen LogP contribution in [0.4, 0.5) is 0 Å². The van der Waals surface area contributed by atoms with Crippen LogP contribution in [0.15, 0.2) is 30.5 Å². The fourth-order valence-electron chi connectivity index (χ4n) is 4.69. The normalized spacial score (nSPS) is 22.7. The summed E-state index contributed by atoms with van der Waals surface area (Å²) in [5.41, 5.74) is 5.15. The number of H-pyrrole nitrogens is 1. The van der Waals surface area contributed by atoms with Gasteiger partial charge < -0.3 is 4.98 Å². The van der Waals surface area contributed by atoms with Gasteiger partial charge in [0.2, 0.25) is 5.91 Å². The smallest absolute Gasteiger partial charge is 0.245 e. The van der Waals surface area contributed by atoms with E-state index in [4.69, 9.17) is 0 Å². The topological polar surface area (TPSA) is 42.6 Å². The minimum atomic E-state index is -0.119. The van der Waals surface area contributed by atoms with Gasteiger partial charge in [-0.2, -0.15) is 0 Å². The molecule has 0 fully saturated rings. The number of carbonyl (C=O) groups excluding carboxylic acids is 1. The molecule has 1 aliphatic carbocycles. The van der Waals surface area contributed by atoms with Gasteiger partial charge in [-0.3, -0.25) is 14.7 Å². The van der Waals surface area contributed by atoms with E-state index in [1.165, 1.54) is 27.6 Å². The van der Waals surface area contributed by atoms with Crippen molar-refractivity contribution in [2.45, 2.75) is 32.4 Å². The Hall–Kier alpha value is -2.11. The zero-order chi connectivity index (χ0) is 18.6. The molecule has 26 heavy (non-hydrogen) atoms. The first-order valence-corrected chi connectivity index (χ1v) is 9.40. The molecule has 2 unspecified atom stereocenters. The summed E-state index contributed by atoms with van der Waals surface area (Å²) in [6.45, 7) is 4.89. The van der Waals surface area contributed by atoms with Crippen molar-refractivity contribution in [1.82, 2.24) is 19.9 Å². The number of hydrogen-bond acceptors (Lipinski definition) is 3. The van der Waals surface area contributed by atoms with Crippen molar-refractivity contribution in [3.05, 3.63) is 41.6 Å². The van der Waals surface area contributed by atoms with Crippen molar-refractivity contribution >= 4 is 22.4 Å². The van der Waals surface area contributed by atoms with Crippen molar-refractivity contribution in [2.75, 3.05) is 27.7 Å². The highest BCUT2D eigenvalue weighted by atomic mass is 16.2. The van der Waals surface area contributed by atoms with Gasteiger partial charge in [-0.1, -0.05) is 18.2 Å². The van der Waals surface area contributed by atoms with E-state index in [2.05, 4.69) is 61.3 Å². The van der Waals surface area contributed by atoms with Crippen molar-refractivity contribution in [3.8, 4) is 0 Å². The maximum absolute atomic E-state index is 13.2. The summed E-state index contributed by atoms with van der Waals surface area (Å²) >= 11 is 0. The molecule has 1 aromatic heterocycles. The Morgan fingerprint density at radius 1 is 1.31 bits per heavy atom. The van der Waals surface area contributed by atoms with E-state index >= 15 is 0 Å². The Balaban J connectivity index is 1.78. The number of nitrogens with one attached hydrogen (secondary N) is 1. The highest BCUT2D eigenvalue weighted by Crippen LogP contribution is 2.41. The molecule has 2 aromatic rings. The molecule has 5 heteroatoms. The number of benzene rings is 1. The number of nitrogens with zero attached hydrogens (tertiary/aromatic N) is 3. The summed E-state index contributed by atoms with van der Waals surface area (Å²) < 4.78 is 0. The zero-order valence-corrected chi connectivity index (χ0v) is 16.3. The van der Waals surface area contributed by atoms with E-state index in [9.17, 15) is 4.79 Å². The fourth-order valence-corrected chi connectivity index (χ4v) is 4.69. The third-order valence-electron chi connectivity index (χ3n) is 5.73. The number of carbonyl (C=O) groups is 1. The lowest BCUT2D eigenvalue weighted by Crippen LogP contribution is -2.52. The second-order valence-electron chi connectivity index (χ2n) is 8.05. The highest BCUT2D eigenvalue weighted by molar-refractivity contribution is 5.99. The second kappa shape index (κ2) is 6.25. The Morgan fingerprint density at radius 3 is 2.77 bits per heavy atom. The Kier molecular flexibility index (Phi) is 4.16. The van der Waals surface area contributed by atoms with E-state index < -0.39 is 0 Å². The predicted octanol–water partition coefficient (Wildman–Crippen LogP) is 2.75. The van der Waals surface area contributed by atoms with Crippen LogP contribution < -0.4 is 0 Å². The number of rotatable bonds is 3. The van der Waals surface area contributed by atoms with Gasteiger partial charge in [0.25, 0.3) is 0 Å². The summed E-state index contributed by atoms with van der Waals surface area (Å²) in [5.74, 6) is 0.0571. The number of amides is 1. The van der Waals surface area contributed by atoms with Gasteiger partial charge in [-0.05, 0) is 50.1 Å². The van der Waals surface area contributed by atoms with E-state index in [0.29, 0.717) is 6.04 Å². The number of hydrazine groups is 1. The molecule has 5 nitrogen and oxygen atoms in total. The van der Waals surface area contributed by atoms with Crippen LogP contribution in [0.2, 0.25) is 0 Å². The maximum Gasteiger partial charge on any atom is 0.245 e. The lowest BCUT2D eigenvalue weighted by atomic mass is 9.79. The summed E-state index contributed by atoms with van der Waals surface area (Å²) in [6, 6.07) is 6.92. The first kappa shape index (κ1) is 17.3. The van der Waals surface area contributed by atoms with E-state index in [0.717, 1.165) is 13.0 Å². The summed E-state index contributed by atoms with van der Waals surface area (Å²) in [4.78, 5) is 19.0. The molecule has 1 aliphatic heterocycles. The number of aromatic amines is 1. The van der Waals surface area contributed by atoms with Crippen LogP contribution in [0, 0.1) is 5.92 Å². The number of aromatic nitrogens is 1.